The van der Waals surface area contributed by atoms with Gasteiger partial charge in [-0.05, 0) is 25.7 Å². The first kappa shape index (κ1) is 10.8. The van der Waals surface area contributed by atoms with Crippen molar-refractivity contribution in [3.63, 3.8) is 0 Å². The van der Waals surface area contributed by atoms with Crippen LogP contribution in [0.4, 0.5) is 0 Å². The summed E-state index contributed by atoms with van der Waals surface area (Å²) >= 11 is 0. The molecule has 1 aliphatic rings. The highest BCUT2D eigenvalue weighted by Crippen LogP contribution is 2.24. The van der Waals surface area contributed by atoms with Crippen LogP contribution in [0, 0.1) is 0 Å². The summed E-state index contributed by atoms with van der Waals surface area (Å²) in [6.45, 7) is 4.00. The first-order valence-electron chi connectivity index (χ1n) is 5.21. The highest BCUT2D eigenvalue weighted by atomic mass is 16.3. The molecule has 2 N–H and O–H groups in total. The molecule has 0 radical (unpaired) electrons. The average molecular weight is 195 g/mol. The second kappa shape index (κ2) is 4.84. The van der Waals surface area contributed by atoms with Gasteiger partial charge >= 0.3 is 0 Å². The molecular formula is C11H17NO2. The molecule has 0 fully saturated rings. The molecule has 0 unspecified atom stereocenters. The normalized spacial score (nSPS) is 13.9. The van der Waals surface area contributed by atoms with Crippen molar-refractivity contribution < 1.29 is 5.11 Å². The van der Waals surface area contributed by atoms with E-state index in [1.54, 1.807) is 0 Å². The standard InChI is InChI=1S/C9H11NO2.C2H6/c11-8-5-9(12)10-7-4-2-1-3-6(7)8;1-2/h5H,1-4H2,(H2,10,11,12);1-2H3. The van der Waals surface area contributed by atoms with Gasteiger partial charge in [-0.25, -0.2) is 0 Å². The number of H-pyrrole nitrogens is 1. The molecule has 0 saturated carbocycles. The summed E-state index contributed by atoms with van der Waals surface area (Å²) in [6.07, 6.45) is 3.98. The minimum Gasteiger partial charge on any atom is -0.507 e. The van der Waals surface area contributed by atoms with Gasteiger partial charge in [0.1, 0.15) is 5.75 Å². The number of aromatic hydroxyl groups is 1. The molecule has 0 aromatic carbocycles. The van der Waals surface area contributed by atoms with Crippen molar-refractivity contribution in [3.8, 4) is 5.75 Å². The van der Waals surface area contributed by atoms with E-state index in [9.17, 15) is 9.90 Å². The monoisotopic (exact) mass is 195 g/mol. The van der Waals surface area contributed by atoms with Gasteiger partial charge in [0, 0.05) is 17.3 Å². The number of pyridine rings is 1. The number of hydrogen-bond acceptors (Lipinski definition) is 2. The summed E-state index contributed by atoms with van der Waals surface area (Å²) in [7, 11) is 0. The summed E-state index contributed by atoms with van der Waals surface area (Å²) in [5, 5.41) is 9.42. The molecule has 0 spiro atoms. The van der Waals surface area contributed by atoms with Crippen LogP contribution in [0.1, 0.15) is 37.9 Å². The molecule has 3 nitrogen and oxygen atoms in total. The van der Waals surface area contributed by atoms with Crippen LogP contribution in [-0.4, -0.2) is 10.1 Å². The number of aromatic amines is 1. The first-order valence-corrected chi connectivity index (χ1v) is 5.21. The van der Waals surface area contributed by atoms with Crippen LogP contribution < -0.4 is 5.56 Å². The minimum absolute atomic E-state index is 0.161. The van der Waals surface area contributed by atoms with Crippen LogP contribution >= 0.6 is 0 Å². The molecule has 0 amide bonds. The highest BCUT2D eigenvalue weighted by Gasteiger charge is 2.13. The van der Waals surface area contributed by atoms with E-state index in [-0.39, 0.29) is 11.3 Å². The Bertz CT molecular complexity index is 355. The third-order valence-corrected chi connectivity index (χ3v) is 2.32. The Morgan fingerprint density at radius 3 is 2.64 bits per heavy atom. The van der Waals surface area contributed by atoms with Gasteiger partial charge in [0.2, 0.25) is 0 Å². The van der Waals surface area contributed by atoms with E-state index in [1.165, 1.54) is 6.07 Å². The van der Waals surface area contributed by atoms with Gasteiger partial charge < -0.3 is 10.1 Å². The quantitative estimate of drug-likeness (QED) is 0.665. The molecule has 78 valence electrons. The van der Waals surface area contributed by atoms with Crippen LogP contribution in [0.25, 0.3) is 0 Å². The number of aryl methyl sites for hydroxylation is 1. The van der Waals surface area contributed by atoms with Gasteiger partial charge in [-0.15, -0.1) is 0 Å². The largest absolute Gasteiger partial charge is 0.507 e. The third kappa shape index (κ3) is 2.16. The van der Waals surface area contributed by atoms with Crippen molar-refractivity contribution in [2.45, 2.75) is 39.5 Å². The molecule has 0 atom stereocenters. The van der Waals surface area contributed by atoms with Crippen LogP contribution in [0.15, 0.2) is 10.9 Å². The fourth-order valence-electron chi connectivity index (χ4n) is 1.72. The molecule has 1 aromatic heterocycles. The molecule has 2 rings (SSSR count). The van der Waals surface area contributed by atoms with Crippen molar-refractivity contribution in [2.24, 2.45) is 0 Å². The predicted molar refractivity (Wildman–Crippen MR) is 56.7 cm³/mol. The number of nitrogens with one attached hydrogen (secondary N) is 1. The zero-order valence-corrected chi connectivity index (χ0v) is 8.76. The molecule has 1 aliphatic carbocycles. The van der Waals surface area contributed by atoms with E-state index in [2.05, 4.69) is 4.98 Å². The number of rotatable bonds is 0. The van der Waals surface area contributed by atoms with Crippen molar-refractivity contribution in [2.75, 3.05) is 0 Å². The van der Waals surface area contributed by atoms with Crippen molar-refractivity contribution in [1.82, 2.24) is 4.98 Å². The van der Waals surface area contributed by atoms with E-state index in [4.69, 9.17) is 0 Å². The molecule has 1 heterocycles. The van der Waals surface area contributed by atoms with E-state index in [0.29, 0.717) is 0 Å². The zero-order valence-electron chi connectivity index (χ0n) is 8.76. The highest BCUT2D eigenvalue weighted by molar-refractivity contribution is 5.35. The Hall–Kier alpha value is -1.25. The minimum atomic E-state index is -0.201. The zero-order chi connectivity index (χ0) is 10.6. The number of fused-ring (bicyclic) bond motifs is 1. The number of hydrogen-bond donors (Lipinski definition) is 2. The Labute approximate surface area is 83.8 Å². The SMILES string of the molecule is CC.O=c1cc(O)c2c([nH]1)CCCC2. The van der Waals surface area contributed by atoms with Crippen LogP contribution in [0.5, 0.6) is 5.75 Å². The lowest BCUT2D eigenvalue weighted by molar-refractivity contribution is 0.458. The maximum atomic E-state index is 10.9. The molecule has 14 heavy (non-hydrogen) atoms. The van der Waals surface area contributed by atoms with Crippen molar-refractivity contribution >= 4 is 0 Å². The lowest BCUT2D eigenvalue weighted by Gasteiger charge is -2.15. The molecule has 0 aliphatic heterocycles. The Morgan fingerprint density at radius 2 is 1.93 bits per heavy atom. The van der Waals surface area contributed by atoms with E-state index < -0.39 is 0 Å². The Balaban J connectivity index is 0.000000461. The fraction of sp³-hybridized carbons (Fsp3) is 0.545. The Morgan fingerprint density at radius 1 is 1.29 bits per heavy atom. The lowest BCUT2D eigenvalue weighted by Crippen LogP contribution is -2.13. The van der Waals surface area contributed by atoms with Gasteiger partial charge in [-0.1, -0.05) is 13.8 Å². The first-order chi connectivity index (χ1) is 6.77. The van der Waals surface area contributed by atoms with E-state index in [0.717, 1.165) is 36.9 Å². The maximum absolute atomic E-state index is 10.9. The molecule has 3 heteroatoms. The van der Waals surface area contributed by atoms with Crippen molar-refractivity contribution in [3.05, 3.63) is 27.7 Å². The summed E-state index contributed by atoms with van der Waals surface area (Å²) in [4.78, 5) is 13.7. The van der Waals surface area contributed by atoms with Gasteiger partial charge in [0.05, 0.1) is 0 Å². The maximum Gasteiger partial charge on any atom is 0.251 e. The summed E-state index contributed by atoms with van der Waals surface area (Å²) < 4.78 is 0. The number of aromatic nitrogens is 1. The second-order valence-electron chi connectivity index (χ2n) is 3.18. The smallest absolute Gasteiger partial charge is 0.251 e. The second-order valence-corrected chi connectivity index (χ2v) is 3.18. The average Bonchev–Trinajstić information content (AvgIpc) is 2.20. The van der Waals surface area contributed by atoms with Gasteiger partial charge in [0.15, 0.2) is 0 Å². The molecule has 0 saturated heterocycles. The predicted octanol–water partition coefficient (Wildman–Crippen LogP) is 1.99. The van der Waals surface area contributed by atoms with Crippen LogP contribution in [0.3, 0.4) is 0 Å². The van der Waals surface area contributed by atoms with Crippen LogP contribution in [-0.2, 0) is 12.8 Å². The van der Waals surface area contributed by atoms with E-state index >= 15 is 0 Å². The fourth-order valence-corrected chi connectivity index (χ4v) is 1.72. The summed E-state index contributed by atoms with van der Waals surface area (Å²) in [6, 6.07) is 1.25. The van der Waals surface area contributed by atoms with Gasteiger partial charge in [-0.2, -0.15) is 0 Å². The van der Waals surface area contributed by atoms with Gasteiger partial charge in [-0.3, -0.25) is 4.79 Å². The molecule has 1 aromatic rings. The van der Waals surface area contributed by atoms with E-state index in [1.807, 2.05) is 13.8 Å². The topological polar surface area (TPSA) is 53.1 Å². The molecule has 0 bridgehead atoms. The lowest BCUT2D eigenvalue weighted by atomic mass is 9.95. The summed E-state index contributed by atoms with van der Waals surface area (Å²) in [5.41, 5.74) is 1.65. The summed E-state index contributed by atoms with van der Waals surface area (Å²) in [5.74, 6) is 0.161. The Kier molecular flexibility index (Phi) is 3.74. The van der Waals surface area contributed by atoms with Gasteiger partial charge in [0.25, 0.3) is 5.56 Å². The van der Waals surface area contributed by atoms with Crippen molar-refractivity contribution in [1.29, 1.82) is 0 Å². The van der Waals surface area contributed by atoms with Crippen LogP contribution in [0.2, 0.25) is 0 Å². The third-order valence-electron chi connectivity index (χ3n) is 2.32. The molecular weight excluding hydrogens is 178 g/mol.